The Hall–Kier alpha value is -1.59. The van der Waals surface area contributed by atoms with Crippen LogP contribution in [-0.2, 0) is 6.54 Å². The van der Waals surface area contributed by atoms with E-state index in [1.807, 2.05) is 0 Å². The minimum Gasteiger partial charge on any atom is -0.352 e. The number of amides is 2. The molecule has 2 heterocycles. The van der Waals surface area contributed by atoms with E-state index in [9.17, 15) is 4.79 Å². The van der Waals surface area contributed by atoms with Gasteiger partial charge in [-0.2, -0.15) is 0 Å². The predicted molar refractivity (Wildman–Crippen MR) is 91.8 cm³/mol. The van der Waals surface area contributed by atoms with Crippen LogP contribution >= 0.6 is 0 Å². The number of urea groups is 1. The number of primary amides is 1. The molecule has 2 amide bonds. The normalized spacial score (nSPS) is 22.6. The summed E-state index contributed by atoms with van der Waals surface area (Å²) in [6.45, 7) is 5.10. The number of piperidine rings is 2. The van der Waals surface area contributed by atoms with Crippen molar-refractivity contribution in [1.82, 2.24) is 15.1 Å². The number of nitrogens with zero attached hydrogens (tertiary/aromatic N) is 2. The molecule has 0 atom stereocenters. The second-order valence-electron chi connectivity index (χ2n) is 6.83. The SMILES string of the molecule is NC(=O)NC1(N2CCCCC2)CCN(Cc2ccccc2)CC1. The predicted octanol–water partition coefficient (Wildman–Crippen LogP) is 2.13. The van der Waals surface area contributed by atoms with Crippen LogP contribution in [-0.4, -0.2) is 47.7 Å². The van der Waals surface area contributed by atoms with E-state index in [4.69, 9.17) is 5.73 Å². The van der Waals surface area contributed by atoms with Crippen molar-refractivity contribution < 1.29 is 4.79 Å². The van der Waals surface area contributed by atoms with Crippen LogP contribution in [0.15, 0.2) is 30.3 Å². The lowest BCUT2D eigenvalue weighted by atomic mass is 9.92. The molecule has 5 nitrogen and oxygen atoms in total. The van der Waals surface area contributed by atoms with E-state index >= 15 is 0 Å². The summed E-state index contributed by atoms with van der Waals surface area (Å²) in [4.78, 5) is 16.5. The van der Waals surface area contributed by atoms with Gasteiger partial charge in [0, 0.05) is 32.7 Å². The fourth-order valence-corrected chi connectivity index (χ4v) is 3.99. The van der Waals surface area contributed by atoms with Gasteiger partial charge in [-0.3, -0.25) is 9.80 Å². The van der Waals surface area contributed by atoms with E-state index in [2.05, 4.69) is 45.4 Å². The number of nitrogens with two attached hydrogens (primary N) is 1. The molecule has 2 aliphatic rings. The molecule has 126 valence electrons. The van der Waals surface area contributed by atoms with Gasteiger partial charge < -0.3 is 11.1 Å². The monoisotopic (exact) mass is 316 g/mol. The lowest BCUT2D eigenvalue weighted by molar-refractivity contribution is -0.00883. The maximum Gasteiger partial charge on any atom is 0.313 e. The average molecular weight is 316 g/mol. The summed E-state index contributed by atoms with van der Waals surface area (Å²) in [6, 6.07) is 10.2. The summed E-state index contributed by atoms with van der Waals surface area (Å²) < 4.78 is 0. The molecule has 0 saturated carbocycles. The zero-order valence-electron chi connectivity index (χ0n) is 13.8. The number of hydrogen-bond donors (Lipinski definition) is 2. The molecule has 0 radical (unpaired) electrons. The Morgan fingerprint density at radius 2 is 1.70 bits per heavy atom. The van der Waals surface area contributed by atoms with Crippen molar-refractivity contribution >= 4 is 6.03 Å². The van der Waals surface area contributed by atoms with Gasteiger partial charge in [0.1, 0.15) is 0 Å². The van der Waals surface area contributed by atoms with E-state index < -0.39 is 6.03 Å². The number of hydrogen-bond acceptors (Lipinski definition) is 3. The minimum atomic E-state index is -0.396. The number of rotatable bonds is 4. The number of likely N-dealkylation sites (tertiary alicyclic amines) is 2. The number of benzene rings is 1. The van der Waals surface area contributed by atoms with E-state index in [0.29, 0.717) is 0 Å². The standard InChI is InChI=1S/C18H28N4O/c19-17(23)20-18(22-11-5-2-6-12-22)9-13-21(14-10-18)15-16-7-3-1-4-8-16/h1,3-4,7-8H,2,5-6,9-15H2,(H3,19,20,23). The van der Waals surface area contributed by atoms with Gasteiger partial charge in [0.2, 0.25) is 0 Å². The largest absolute Gasteiger partial charge is 0.352 e. The third-order valence-electron chi connectivity index (χ3n) is 5.25. The molecule has 0 bridgehead atoms. The summed E-state index contributed by atoms with van der Waals surface area (Å²) in [5.74, 6) is 0. The Balaban J connectivity index is 1.63. The maximum atomic E-state index is 11.6. The Labute approximate surface area is 138 Å². The number of carbonyl (C=O) groups excluding carboxylic acids is 1. The fraction of sp³-hybridized carbons (Fsp3) is 0.611. The summed E-state index contributed by atoms with van der Waals surface area (Å²) >= 11 is 0. The fourth-order valence-electron chi connectivity index (χ4n) is 3.99. The van der Waals surface area contributed by atoms with Gasteiger partial charge >= 0.3 is 6.03 Å². The lowest BCUT2D eigenvalue weighted by Crippen LogP contribution is -2.66. The Kier molecular flexibility index (Phi) is 5.18. The Morgan fingerprint density at radius 1 is 1.04 bits per heavy atom. The highest BCUT2D eigenvalue weighted by Crippen LogP contribution is 2.30. The van der Waals surface area contributed by atoms with Crippen LogP contribution in [0.1, 0.15) is 37.7 Å². The molecule has 3 N–H and O–H groups in total. The summed E-state index contributed by atoms with van der Waals surface area (Å²) in [7, 11) is 0. The highest BCUT2D eigenvalue weighted by Gasteiger charge is 2.41. The second-order valence-corrected chi connectivity index (χ2v) is 6.83. The van der Waals surface area contributed by atoms with E-state index in [1.165, 1.54) is 24.8 Å². The number of nitrogens with one attached hydrogen (secondary N) is 1. The smallest absolute Gasteiger partial charge is 0.313 e. The molecule has 2 aliphatic heterocycles. The summed E-state index contributed by atoms with van der Waals surface area (Å²) in [6.07, 6.45) is 5.63. The molecule has 0 aliphatic carbocycles. The van der Waals surface area contributed by atoms with Crippen LogP contribution in [0, 0.1) is 0 Å². The first kappa shape index (κ1) is 16.3. The van der Waals surface area contributed by atoms with Crippen LogP contribution in [0.2, 0.25) is 0 Å². The van der Waals surface area contributed by atoms with Crippen molar-refractivity contribution in [2.24, 2.45) is 5.73 Å². The Morgan fingerprint density at radius 3 is 2.30 bits per heavy atom. The van der Waals surface area contributed by atoms with E-state index in [0.717, 1.165) is 45.6 Å². The van der Waals surface area contributed by atoms with E-state index in [-0.39, 0.29) is 5.66 Å². The molecule has 1 aromatic rings. The van der Waals surface area contributed by atoms with Crippen LogP contribution in [0.5, 0.6) is 0 Å². The molecular formula is C18H28N4O. The van der Waals surface area contributed by atoms with Crippen molar-refractivity contribution in [3.05, 3.63) is 35.9 Å². The topological polar surface area (TPSA) is 61.6 Å². The molecule has 2 saturated heterocycles. The lowest BCUT2D eigenvalue weighted by Gasteiger charge is -2.50. The molecule has 0 unspecified atom stereocenters. The summed E-state index contributed by atoms with van der Waals surface area (Å²) in [5, 5.41) is 3.09. The molecule has 1 aromatic carbocycles. The van der Waals surface area contributed by atoms with Gasteiger partial charge in [-0.05, 0) is 31.2 Å². The Bertz CT molecular complexity index is 505. The molecule has 2 fully saturated rings. The number of carbonyl (C=O) groups is 1. The zero-order chi connectivity index (χ0) is 16.1. The molecule has 23 heavy (non-hydrogen) atoms. The highest BCUT2D eigenvalue weighted by atomic mass is 16.2. The van der Waals surface area contributed by atoms with Gasteiger partial charge in [-0.1, -0.05) is 36.8 Å². The van der Waals surface area contributed by atoms with Crippen molar-refractivity contribution in [2.75, 3.05) is 26.2 Å². The molecular weight excluding hydrogens is 288 g/mol. The minimum absolute atomic E-state index is 0.237. The molecule has 0 aromatic heterocycles. The molecule has 3 rings (SSSR count). The van der Waals surface area contributed by atoms with Crippen LogP contribution in [0.4, 0.5) is 4.79 Å². The van der Waals surface area contributed by atoms with Crippen LogP contribution < -0.4 is 11.1 Å². The van der Waals surface area contributed by atoms with E-state index in [1.54, 1.807) is 0 Å². The first-order valence-electron chi connectivity index (χ1n) is 8.77. The first-order chi connectivity index (χ1) is 11.2. The third-order valence-corrected chi connectivity index (χ3v) is 5.25. The van der Waals surface area contributed by atoms with Crippen molar-refractivity contribution in [3.63, 3.8) is 0 Å². The molecule has 0 spiro atoms. The highest BCUT2D eigenvalue weighted by molar-refractivity contribution is 5.72. The first-order valence-corrected chi connectivity index (χ1v) is 8.77. The van der Waals surface area contributed by atoms with Crippen molar-refractivity contribution in [3.8, 4) is 0 Å². The average Bonchev–Trinajstić information content (AvgIpc) is 2.58. The van der Waals surface area contributed by atoms with Gasteiger partial charge in [-0.25, -0.2) is 4.79 Å². The van der Waals surface area contributed by atoms with Gasteiger partial charge in [0.05, 0.1) is 5.66 Å². The maximum absolute atomic E-state index is 11.6. The van der Waals surface area contributed by atoms with Crippen molar-refractivity contribution in [2.45, 2.75) is 44.3 Å². The summed E-state index contributed by atoms with van der Waals surface area (Å²) in [5.41, 5.74) is 6.59. The molecule has 5 heteroatoms. The van der Waals surface area contributed by atoms with Gasteiger partial charge in [0.25, 0.3) is 0 Å². The zero-order valence-corrected chi connectivity index (χ0v) is 13.8. The van der Waals surface area contributed by atoms with Crippen LogP contribution in [0.25, 0.3) is 0 Å². The second kappa shape index (κ2) is 7.32. The van der Waals surface area contributed by atoms with Gasteiger partial charge in [0.15, 0.2) is 0 Å². The van der Waals surface area contributed by atoms with Crippen LogP contribution in [0.3, 0.4) is 0 Å². The quantitative estimate of drug-likeness (QED) is 0.894. The van der Waals surface area contributed by atoms with Crippen molar-refractivity contribution in [1.29, 1.82) is 0 Å². The van der Waals surface area contributed by atoms with Gasteiger partial charge in [-0.15, -0.1) is 0 Å². The third kappa shape index (κ3) is 4.03.